The van der Waals surface area contributed by atoms with Gasteiger partial charge in [0.2, 0.25) is 0 Å². The molecule has 0 amide bonds. The van der Waals surface area contributed by atoms with Gasteiger partial charge in [0.25, 0.3) is 0 Å². The summed E-state index contributed by atoms with van der Waals surface area (Å²) in [5.74, 6) is 0. The maximum absolute atomic E-state index is 12.9. The average molecular weight is 291 g/mol. The molecule has 0 aliphatic heterocycles. The molecule has 0 saturated carbocycles. The second-order valence-electron chi connectivity index (χ2n) is 3.64. The van der Waals surface area contributed by atoms with Crippen LogP contribution in [0.25, 0.3) is 11.1 Å². The molecule has 94 valence electrons. The van der Waals surface area contributed by atoms with Crippen molar-refractivity contribution in [3.05, 3.63) is 58.1 Å². The fraction of sp³-hybridized carbons (Fsp3) is 0.0769. The molecule has 2 aromatic rings. The molecule has 18 heavy (non-hydrogen) atoms. The molecule has 5 heteroatoms. The summed E-state index contributed by atoms with van der Waals surface area (Å²) >= 11 is 11.8. The molecule has 0 fully saturated rings. The highest BCUT2D eigenvalue weighted by molar-refractivity contribution is 6.43. The van der Waals surface area contributed by atoms with Crippen LogP contribution in [0, 0.1) is 0 Å². The monoisotopic (exact) mass is 290 g/mol. The van der Waals surface area contributed by atoms with Gasteiger partial charge in [0.1, 0.15) is 0 Å². The summed E-state index contributed by atoms with van der Waals surface area (Å²) in [6.07, 6.45) is -4.43. The van der Waals surface area contributed by atoms with Crippen molar-refractivity contribution in [3.63, 3.8) is 0 Å². The van der Waals surface area contributed by atoms with Gasteiger partial charge in [0.15, 0.2) is 0 Å². The van der Waals surface area contributed by atoms with Gasteiger partial charge in [0, 0.05) is 5.56 Å². The van der Waals surface area contributed by atoms with E-state index in [9.17, 15) is 13.2 Å². The lowest BCUT2D eigenvalue weighted by Gasteiger charge is -2.14. The summed E-state index contributed by atoms with van der Waals surface area (Å²) in [6, 6.07) is 9.87. The third-order valence-corrected chi connectivity index (χ3v) is 3.29. The van der Waals surface area contributed by atoms with Crippen molar-refractivity contribution in [1.29, 1.82) is 0 Å². The van der Waals surface area contributed by atoms with E-state index in [-0.39, 0.29) is 21.2 Å². The molecule has 0 N–H and O–H groups in total. The molecule has 0 aromatic heterocycles. The minimum atomic E-state index is -4.43. The van der Waals surface area contributed by atoms with Crippen molar-refractivity contribution < 1.29 is 13.2 Å². The molecule has 2 rings (SSSR count). The van der Waals surface area contributed by atoms with Gasteiger partial charge in [-0.05, 0) is 17.7 Å². The summed E-state index contributed by atoms with van der Waals surface area (Å²) in [7, 11) is 0. The first-order valence-electron chi connectivity index (χ1n) is 5.02. The van der Waals surface area contributed by atoms with E-state index in [0.717, 1.165) is 6.07 Å². The van der Waals surface area contributed by atoms with Crippen LogP contribution < -0.4 is 0 Å². The predicted molar refractivity (Wildman–Crippen MR) is 66.9 cm³/mol. The zero-order chi connectivity index (χ0) is 13.3. The second-order valence-corrected chi connectivity index (χ2v) is 4.43. The molecule has 0 radical (unpaired) electrons. The lowest BCUT2D eigenvalue weighted by atomic mass is 9.99. The largest absolute Gasteiger partial charge is 0.417 e. The van der Waals surface area contributed by atoms with E-state index >= 15 is 0 Å². The van der Waals surface area contributed by atoms with Crippen LogP contribution >= 0.6 is 23.2 Å². The molecular weight excluding hydrogens is 284 g/mol. The Morgan fingerprint density at radius 2 is 1.39 bits per heavy atom. The maximum atomic E-state index is 12.9. The number of hydrogen-bond donors (Lipinski definition) is 0. The van der Waals surface area contributed by atoms with Crippen LogP contribution in [0.15, 0.2) is 42.5 Å². The van der Waals surface area contributed by atoms with Crippen LogP contribution in [0.3, 0.4) is 0 Å². The summed E-state index contributed by atoms with van der Waals surface area (Å²) < 4.78 is 38.7. The number of hydrogen-bond acceptors (Lipinski definition) is 0. The van der Waals surface area contributed by atoms with Crippen molar-refractivity contribution in [1.82, 2.24) is 0 Å². The number of rotatable bonds is 1. The van der Waals surface area contributed by atoms with Gasteiger partial charge in [-0.15, -0.1) is 0 Å². The first kappa shape index (κ1) is 13.2. The van der Waals surface area contributed by atoms with Crippen molar-refractivity contribution in [2.75, 3.05) is 0 Å². The normalized spacial score (nSPS) is 11.6. The molecule has 2 aromatic carbocycles. The summed E-state index contributed by atoms with van der Waals surface area (Å²) in [6.45, 7) is 0. The third-order valence-electron chi connectivity index (χ3n) is 2.47. The Labute approximate surface area is 112 Å². The van der Waals surface area contributed by atoms with Crippen molar-refractivity contribution in [2.45, 2.75) is 6.18 Å². The Kier molecular flexibility index (Phi) is 3.55. The van der Waals surface area contributed by atoms with Gasteiger partial charge >= 0.3 is 6.18 Å². The van der Waals surface area contributed by atoms with E-state index in [1.807, 2.05) is 0 Å². The molecule has 0 aliphatic rings. The maximum Gasteiger partial charge on any atom is 0.417 e. The smallest absolute Gasteiger partial charge is 0.166 e. The van der Waals surface area contributed by atoms with E-state index < -0.39 is 11.7 Å². The topological polar surface area (TPSA) is 0 Å². The lowest BCUT2D eigenvalue weighted by Crippen LogP contribution is -2.06. The van der Waals surface area contributed by atoms with Crippen molar-refractivity contribution >= 4 is 23.2 Å². The number of benzene rings is 2. The van der Waals surface area contributed by atoms with E-state index in [2.05, 4.69) is 0 Å². The van der Waals surface area contributed by atoms with Crippen LogP contribution in [0.5, 0.6) is 0 Å². The first-order chi connectivity index (χ1) is 8.41. The van der Waals surface area contributed by atoms with E-state index in [1.165, 1.54) is 30.3 Å². The zero-order valence-corrected chi connectivity index (χ0v) is 10.4. The highest BCUT2D eigenvalue weighted by Gasteiger charge is 2.33. The van der Waals surface area contributed by atoms with Gasteiger partial charge in [0.05, 0.1) is 15.6 Å². The molecule has 0 bridgehead atoms. The molecular formula is C13H7Cl2F3. The Morgan fingerprint density at radius 3 is 2.06 bits per heavy atom. The minimum Gasteiger partial charge on any atom is -0.166 e. The Hall–Kier alpha value is -1.19. The number of halogens is 5. The summed E-state index contributed by atoms with van der Waals surface area (Å²) in [4.78, 5) is 0. The van der Waals surface area contributed by atoms with E-state index in [0.29, 0.717) is 0 Å². The minimum absolute atomic E-state index is 0.0255. The van der Waals surface area contributed by atoms with Crippen LogP contribution in [-0.4, -0.2) is 0 Å². The molecule has 0 atom stereocenters. The molecule has 0 saturated heterocycles. The van der Waals surface area contributed by atoms with Crippen LogP contribution in [0.4, 0.5) is 13.2 Å². The highest BCUT2D eigenvalue weighted by Crippen LogP contribution is 2.40. The van der Waals surface area contributed by atoms with Gasteiger partial charge in [-0.1, -0.05) is 53.5 Å². The third kappa shape index (κ3) is 2.47. The van der Waals surface area contributed by atoms with Gasteiger partial charge in [-0.2, -0.15) is 13.2 Å². The second kappa shape index (κ2) is 4.82. The van der Waals surface area contributed by atoms with Gasteiger partial charge in [-0.25, -0.2) is 0 Å². The molecule has 0 spiro atoms. The zero-order valence-electron chi connectivity index (χ0n) is 8.93. The molecule has 0 nitrogen and oxygen atoms in total. The standard InChI is InChI=1S/C13H7Cl2F3/c14-11-7-3-5-9(12(11)15)8-4-1-2-6-10(8)13(16,17)18/h1-7H. The Balaban J connectivity index is 2.69. The van der Waals surface area contributed by atoms with E-state index in [1.54, 1.807) is 6.07 Å². The SMILES string of the molecule is FC(F)(F)c1ccccc1-c1cccc(Cl)c1Cl. The quantitative estimate of drug-likeness (QED) is 0.634. The molecule has 0 heterocycles. The fourth-order valence-electron chi connectivity index (χ4n) is 1.68. The van der Waals surface area contributed by atoms with E-state index in [4.69, 9.17) is 23.2 Å². The van der Waals surface area contributed by atoms with Crippen molar-refractivity contribution in [2.24, 2.45) is 0 Å². The van der Waals surface area contributed by atoms with Crippen LogP contribution in [0.2, 0.25) is 10.0 Å². The number of alkyl halides is 3. The highest BCUT2D eigenvalue weighted by atomic mass is 35.5. The average Bonchev–Trinajstić information content (AvgIpc) is 2.32. The predicted octanol–water partition coefficient (Wildman–Crippen LogP) is 5.68. The molecule has 0 aliphatic carbocycles. The van der Waals surface area contributed by atoms with Gasteiger partial charge < -0.3 is 0 Å². The summed E-state index contributed by atoms with van der Waals surface area (Å²) in [5.41, 5.74) is -0.427. The molecule has 0 unspecified atom stereocenters. The van der Waals surface area contributed by atoms with Crippen molar-refractivity contribution in [3.8, 4) is 11.1 Å². The Bertz CT molecular complexity index is 577. The van der Waals surface area contributed by atoms with Gasteiger partial charge in [-0.3, -0.25) is 0 Å². The van der Waals surface area contributed by atoms with Crippen LogP contribution in [0.1, 0.15) is 5.56 Å². The first-order valence-corrected chi connectivity index (χ1v) is 5.77. The fourth-order valence-corrected chi connectivity index (χ4v) is 2.08. The van der Waals surface area contributed by atoms with Crippen LogP contribution in [-0.2, 0) is 6.18 Å². The summed E-state index contributed by atoms with van der Waals surface area (Å²) in [5, 5.41) is 0.349. The Morgan fingerprint density at radius 1 is 0.778 bits per heavy atom. The lowest BCUT2D eigenvalue weighted by molar-refractivity contribution is -0.137.